The molecule has 0 spiro atoms. The minimum atomic E-state index is -0.435. The molecule has 1 aromatic heterocycles. The van der Waals surface area contributed by atoms with Crippen LogP contribution in [0.3, 0.4) is 0 Å². The van der Waals surface area contributed by atoms with Crippen LogP contribution in [0.1, 0.15) is 25.1 Å². The van der Waals surface area contributed by atoms with Gasteiger partial charge in [-0.15, -0.1) is 11.3 Å². The summed E-state index contributed by atoms with van der Waals surface area (Å²) in [6.45, 7) is 5.15. The van der Waals surface area contributed by atoms with E-state index in [2.05, 4.69) is 15.6 Å². The van der Waals surface area contributed by atoms with Gasteiger partial charge >= 0.3 is 6.03 Å². The third-order valence-electron chi connectivity index (χ3n) is 4.04. The number of amides is 3. The molecule has 2 aromatic rings. The Morgan fingerprint density at radius 1 is 1.42 bits per heavy atom. The molecule has 1 fully saturated rings. The van der Waals surface area contributed by atoms with E-state index in [1.807, 2.05) is 43.5 Å². The molecule has 1 aromatic carbocycles. The van der Waals surface area contributed by atoms with Gasteiger partial charge in [0.25, 0.3) is 0 Å². The van der Waals surface area contributed by atoms with Crippen LogP contribution in [0.5, 0.6) is 0 Å². The molecule has 2 heterocycles. The third-order valence-corrected chi connectivity index (χ3v) is 5.32. The van der Waals surface area contributed by atoms with Gasteiger partial charge in [0.05, 0.1) is 12.1 Å². The van der Waals surface area contributed by atoms with Crippen LogP contribution in [0.25, 0.3) is 0 Å². The summed E-state index contributed by atoms with van der Waals surface area (Å²) in [5, 5.41) is 8.92. The lowest BCUT2D eigenvalue weighted by Crippen LogP contribution is -2.45. The van der Waals surface area contributed by atoms with E-state index < -0.39 is 5.54 Å². The van der Waals surface area contributed by atoms with Crippen LogP contribution in [-0.4, -0.2) is 35.6 Å². The molecule has 6 nitrogen and oxygen atoms in total. The number of hydrogen-bond acceptors (Lipinski definition) is 4. The largest absolute Gasteiger partial charge is 0.351 e. The van der Waals surface area contributed by atoms with Crippen molar-refractivity contribution in [2.45, 2.75) is 32.2 Å². The van der Waals surface area contributed by atoms with Crippen LogP contribution in [0.4, 0.5) is 9.93 Å². The summed E-state index contributed by atoms with van der Waals surface area (Å²) in [6.07, 6.45) is 0.812. The lowest BCUT2D eigenvalue weighted by molar-refractivity contribution is -0.122. The maximum absolute atomic E-state index is 12.4. The summed E-state index contributed by atoms with van der Waals surface area (Å²) in [7, 11) is 0. The van der Waals surface area contributed by atoms with Crippen LogP contribution >= 0.6 is 22.9 Å². The predicted octanol–water partition coefficient (Wildman–Crippen LogP) is 3.01. The molecular formula is C18H21ClN4O2S. The van der Waals surface area contributed by atoms with Crippen LogP contribution in [0.15, 0.2) is 29.6 Å². The lowest BCUT2D eigenvalue weighted by Gasteiger charge is -2.26. The Bertz CT molecular complexity index is 821. The molecular weight excluding hydrogens is 372 g/mol. The Morgan fingerprint density at radius 2 is 2.19 bits per heavy atom. The Balaban J connectivity index is 1.59. The second kappa shape index (κ2) is 7.63. The SMILES string of the molecule is CC(C)(Cc1ccccc1Cl)NC(=O)Cc1csc(N2CCNC2=O)n1. The molecule has 1 saturated heterocycles. The fourth-order valence-corrected chi connectivity index (χ4v) is 3.96. The Labute approximate surface area is 161 Å². The molecule has 0 atom stereocenters. The number of urea groups is 1. The molecule has 1 aliphatic rings. The number of benzene rings is 1. The highest BCUT2D eigenvalue weighted by molar-refractivity contribution is 7.14. The molecule has 0 saturated carbocycles. The first-order valence-corrected chi connectivity index (χ1v) is 9.64. The van der Waals surface area contributed by atoms with Crippen LogP contribution in [-0.2, 0) is 17.6 Å². The molecule has 26 heavy (non-hydrogen) atoms. The Hall–Kier alpha value is -2.12. The average Bonchev–Trinajstić information content (AvgIpc) is 3.17. The molecule has 3 rings (SSSR count). The van der Waals surface area contributed by atoms with Crippen LogP contribution in [0.2, 0.25) is 5.02 Å². The van der Waals surface area contributed by atoms with Gasteiger partial charge in [-0.3, -0.25) is 9.69 Å². The molecule has 2 N–H and O–H groups in total. The zero-order valence-corrected chi connectivity index (χ0v) is 16.3. The standard InChI is InChI=1S/C18H21ClN4O2S/c1-18(2,10-12-5-3-4-6-14(12)19)22-15(24)9-13-11-26-17(21-13)23-8-7-20-16(23)25/h3-6,11H,7-10H2,1-2H3,(H,20,25)(H,22,24). The molecule has 1 aliphatic heterocycles. The number of anilines is 1. The van der Waals surface area contributed by atoms with Crippen LogP contribution < -0.4 is 15.5 Å². The smallest absolute Gasteiger partial charge is 0.323 e. The van der Waals surface area contributed by atoms with Crippen LogP contribution in [0, 0.1) is 0 Å². The van der Waals surface area contributed by atoms with Crippen molar-refractivity contribution in [2.24, 2.45) is 0 Å². The number of thiazole rings is 1. The third kappa shape index (κ3) is 4.53. The van der Waals surface area contributed by atoms with Crippen molar-refractivity contribution in [1.82, 2.24) is 15.6 Å². The van der Waals surface area contributed by atoms with Gasteiger partial charge in [0.1, 0.15) is 0 Å². The summed E-state index contributed by atoms with van der Waals surface area (Å²) < 4.78 is 0. The molecule has 0 bridgehead atoms. The fourth-order valence-electron chi connectivity index (χ4n) is 2.90. The first-order chi connectivity index (χ1) is 12.3. The van der Waals surface area contributed by atoms with Gasteiger partial charge in [0, 0.05) is 29.0 Å². The zero-order valence-electron chi connectivity index (χ0n) is 14.7. The first kappa shape index (κ1) is 18.7. The molecule has 0 radical (unpaired) electrons. The molecule has 3 amide bonds. The van der Waals surface area contributed by atoms with Crippen molar-refractivity contribution in [3.8, 4) is 0 Å². The van der Waals surface area contributed by atoms with Crippen molar-refractivity contribution in [1.29, 1.82) is 0 Å². The highest BCUT2D eigenvalue weighted by Crippen LogP contribution is 2.23. The number of nitrogens with zero attached hydrogens (tertiary/aromatic N) is 2. The van der Waals surface area contributed by atoms with Gasteiger partial charge in [-0.1, -0.05) is 29.8 Å². The van der Waals surface area contributed by atoms with E-state index in [9.17, 15) is 9.59 Å². The topological polar surface area (TPSA) is 74.3 Å². The molecule has 0 unspecified atom stereocenters. The maximum Gasteiger partial charge on any atom is 0.323 e. The summed E-state index contributed by atoms with van der Waals surface area (Å²) in [5.74, 6) is -0.107. The van der Waals surface area contributed by atoms with Gasteiger partial charge in [-0.05, 0) is 31.9 Å². The number of halogens is 1. The summed E-state index contributed by atoms with van der Waals surface area (Å²) in [4.78, 5) is 30.1. The van der Waals surface area contributed by atoms with Crippen molar-refractivity contribution in [3.05, 3.63) is 45.9 Å². The lowest BCUT2D eigenvalue weighted by atomic mass is 9.94. The Kier molecular flexibility index (Phi) is 5.48. The monoisotopic (exact) mass is 392 g/mol. The summed E-state index contributed by atoms with van der Waals surface area (Å²) in [6, 6.07) is 7.49. The zero-order chi connectivity index (χ0) is 18.7. The highest BCUT2D eigenvalue weighted by Gasteiger charge is 2.25. The second-order valence-electron chi connectivity index (χ2n) is 6.88. The van der Waals surface area contributed by atoms with Gasteiger partial charge < -0.3 is 10.6 Å². The summed E-state index contributed by atoms with van der Waals surface area (Å²) in [5.41, 5.74) is 1.22. The number of nitrogens with one attached hydrogen (secondary N) is 2. The fraction of sp³-hybridized carbons (Fsp3) is 0.389. The number of hydrogen-bond donors (Lipinski definition) is 2. The van der Waals surface area contributed by atoms with E-state index in [1.54, 1.807) is 4.90 Å². The second-order valence-corrected chi connectivity index (χ2v) is 8.13. The van der Waals surface area contributed by atoms with Crippen molar-refractivity contribution < 1.29 is 9.59 Å². The minimum absolute atomic E-state index is 0.107. The molecule has 138 valence electrons. The highest BCUT2D eigenvalue weighted by atomic mass is 35.5. The van der Waals surface area contributed by atoms with E-state index in [0.717, 1.165) is 5.56 Å². The quantitative estimate of drug-likeness (QED) is 0.793. The van der Waals surface area contributed by atoms with Crippen molar-refractivity contribution in [3.63, 3.8) is 0 Å². The number of carbonyl (C=O) groups excluding carboxylic acids is 2. The number of aromatic nitrogens is 1. The first-order valence-electron chi connectivity index (χ1n) is 8.38. The van der Waals surface area contributed by atoms with Crippen molar-refractivity contribution in [2.75, 3.05) is 18.0 Å². The molecule has 8 heteroatoms. The molecule has 0 aliphatic carbocycles. The van der Waals surface area contributed by atoms with Crippen molar-refractivity contribution >= 4 is 40.0 Å². The van der Waals surface area contributed by atoms with E-state index in [-0.39, 0.29) is 18.4 Å². The predicted molar refractivity (Wildman–Crippen MR) is 104 cm³/mol. The normalized spacial score (nSPS) is 14.4. The average molecular weight is 393 g/mol. The Morgan fingerprint density at radius 3 is 2.88 bits per heavy atom. The minimum Gasteiger partial charge on any atom is -0.351 e. The number of carbonyl (C=O) groups is 2. The number of rotatable bonds is 6. The van der Waals surface area contributed by atoms with Gasteiger partial charge in [-0.25, -0.2) is 9.78 Å². The van der Waals surface area contributed by atoms with Gasteiger partial charge in [0.2, 0.25) is 5.91 Å². The summed E-state index contributed by atoms with van der Waals surface area (Å²) >= 11 is 7.59. The van der Waals surface area contributed by atoms with E-state index >= 15 is 0 Å². The van der Waals surface area contributed by atoms with E-state index in [1.165, 1.54) is 11.3 Å². The maximum atomic E-state index is 12.4. The van der Waals surface area contributed by atoms with E-state index in [4.69, 9.17) is 11.6 Å². The van der Waals surface area contributed by atoms with E-state index in [0.29, 0.717) is 35.4 Å². The van der Waals surface area contributed by atoms with Gasteiger partial charge in [0.15, 0.2) is 5.13 Å². The van der Waals surface area contributed by atoms with Gasteiger partial charge in [-0.2, -0.15) is 0 Å².